The number of aromatic hydroxyl groups is 1. The van der Waals surface area contributed by atoms with Crippen molar-refractivity contribution in [2.45, 2.75) is 47.5 Å². The van der Waals surface area contributed by atoms with Gasteiger partial charge in [-0.1, -0.05) is 13.8 Å². The monoisotopic (exact) mass is 250 g/mol. The van der Waals surface area contributed by atoms with E-state index in [1.165, 1.54) is 0 Å². The Morgan fingerprint density at radius 3 is 2.06 bits per heavy atom. The minimum Gasteiger partial charge on any atom is -0.507 e. The van der Waals surface area contributed by atoms with Crippen LogP contribution in [-0.4, -0.2) is 11.1 Å². The Morgan fingerprint density at radius 1 is 1.22 bits per heavy atom. The minimum absolute atomic E-state index is 0.211. The van der Waals surface area contributed by atoms with Gasteiger partial charge in [0.25, 0.3) is 0 Å². The lowest BCUT2D eigenvalue weighted by Gasteiger charge is -2.24. The van der Waals surface area contributed by atoms with Crippen LogP contribution in [0.25, 0.3) is 0 Å². The zero-order chi connectivity index (χ0) is 13.9. The van der Waals surface area contributed by atoms with Gasteiger partial charge in [0.05, 0.1) is 5.41 Å². The first kappa shape index (κ1) is 14.6. The molecule has 1 rings (SSSR count). The van der Waals surface area contributed by atoms with E-state index in [9.17, 15) is 9.90 Å². The van der Waals surface area contributed by atoms with E-state index in [2.05, 4.69) is 0 Å². The summed E-state index contributed by atoms with van der Waals surface area (Å²) in [6.45, 7) is 9.46. The van der Waals surface area contributed by atoms with E-state index < -0.39 is 5.41 Å². The van der Waals surface area contributed by atoms with Gasteiger partial charge in [-0.2, -0.15) is 0 Å². The van der Waals surface area contributed by atoms with Crippen molar-refractivity contribution in [3.63, 3.8) is 0 Å². The molecule has 1 aromatic carbocycles. The van der Waals surface area contributed by atoms with Crippen LogP contribution in [0.1, 0.15) is 44.7 Å². The number of phenolic OH excluding ortho intramolecular Hbond substituents is 1. The molecule has 0 aromatic heterocycles. The largest absolute Gasteiger partial charge is 0.507 e. The Bertz CT molecular complexity index is 422. The van der Waals surface area contributed by atoms with Gasteiger partial charge in [-0.05, 0) is 56.9 Å². The van der Waals surface area contributed by atoms with Crippen LogP contribution in [0.2, 0.25) is 0 Å². The van der Waals surface area contributed by atoms with Crippen LogP contribution in [0.15, 0.2) is 12.1 Å². The van der Waals surface area contributed by atoms with Crippen LogP contribution in [-0.2, 0) is 4.79 Å². The van der Waals surface area contributed by atoms with E-state index in [4.69, 9.17) is 4.74 Å². The molecule has 0 heterocycles. The Morgan fingerprint density at radius 2 is 1.67 bits per heavy atom. The third kappa shape index (κ3) is 2.84. The molecule has 0 amide bonds. The predicted molar refractivity (Wildman–Crippen MR) is 71.9 cm³/mol. The fraction of sp³-hybridized carbons (Fsp3) is 0.533. The first-order chi connectivity index (χ1) is 8.34. The third-order valence-electron chi connectivity index (χ3n) is 3.73. The van der Waals surface area contributed by atoms with Gasteiger partial charge in [-0.25, -0.2) is 0 Å². The van der Waals surface area contributed by atoms with Gasteiger partial charge in [-0.15, -0.1) is 0 Å². The second-order valence-corrected chi connectivity index (χ2v) is 5.06. The number of esters is 1. The Labute approximate surface area is 109 Å². The number of ether oxygens (including phenoxy) is 1. The normalized spacial score (nSPS) is 11.4. The minimum atomic E-state index is -0.445. The quantitative estimate of drug-likeness (QED) is 0.654. The van der Waals surface area contributed by atoms with Crippen LogP contribution < -0.4 is 4.74 Å². The van der Waals surface area contributed by atoms with E-state index in [0.29, 0.717) is 16.9 Å². The van der Waals surface area contributed by atoms with Crippen molar-refractivity contribution < 1.29 is 14.6 Å². The second-order valence-electron chi connectivity index (χ2n) is 5.06. The molecule has 0 fully saturated rings. The molecule has 3 nitrogen and oxygen atoms in total. The molecule has 3 heteroatoms. The number of carbonyl (C=O) groups excluding carboxylic acids is 1. The van der Waals surface area contributed by atoms with Gasteiger partial charge in [-0.3, -0.25) is 4.79 Å². The SMILES string of the molecule is CCC(C)(CC)C(=O)Oc1cc(C)c(O)c(C)c1. The number of hydrogen-bond donors (Lipinski definition) is 1. The smallest absolute Gasteiger partial charge is 0.317 e. The highest BCUT2D eigenvalue weighted by atomic mass is 16.5. The predicted octanol–water partition coefficient (Wildman–Crippen LogP) is 3.74. The zero-order valence-electron chi connectivity index (χ0n) is 11.8. The zero-order valence-corrected chi connectivity index (χ0v) is 11.8. The lowest BCUT2D eigenvalue weighted by molar-refractivity contribution is -0.145. The van der Waals surface area contributed by atoms with Crippen molar-refractivity contribution in [3.8, 4) is 11.5 Å². The van der Waals surface area contributed by atoms with Gasteiger partial charge >= 0.3 is 5.97 Å². The number of rotatable bonds is 4. The molecule has 18 heavy (non-hydrogen) atoms. The van der Waals surface area contributed by atoms with Crippen LogP contribution in [0.3, 0.4) is 0 Å². The highest BCUT2D eigenvalue weighted by Gasteiger charge is 2.31. The standard InChI is InChI=1S/C15H22O3/c1-6-15(5,7-2)14(17)18-12-8-10(3)13(16)11(4)9-12/h8-9,16H,6-7H2,1-5H3. The highest BCUT2D eigenvalue weighted by Crippen LogP contribution is 2.31. The molecule has 0 aliphatic rings. The van der Waals surface area contributed by atoms with E-state index >= 15 is 0 Å². The molecule has 0 aliphatic heterocycles. The molecule has 0 aliphatic carbocycles. The highest BCUT2D eigenvalue weighted by molar-refractivity contribution is 5.78. The van der Waals surface area contributed by atoms with Crippen molar-refractivity contribution in [2.75, 3.05) is 0 Å². The first-order valence-corrected chi connectivity index (χ1v) is 6.36. The molecular weight excluding hydrogens is 228 g/mol. The summed E-state index contributed by atoms with van der Waals surface area (Å²) < 4.78 is 5.43. The molecule has 0 radical (unpaired) electrons. The summed E-state index contributed by atoms with van der Waals surface area (Å²) in [7, 11) is 0. The van der Waals surface area contributed by atoms with Crippen molar-refractivity contribution in [1.29, 1.82) is 0 Å². The fourth-order valence-corrected chi connectivity index (χ4v) is 1.74. The summed E-state index contributed by atoms with van der Waals surface area (Å²) in [6.07, 6.45) is 1.50. The molecule has 0 bridgehead atoms. The van der Waals surface area contributed by atoms with Crippen LogP contribution in [0.5, 0.6) is 11.5 Å². The molecule has 0 spiro atoms. The maximum Gasteiger partial charge on any atom is 0.317 e. The van der Waals surface area contributed by atoms with Gasteiger partial charge in [0, 0.05) is 0 Å². The van der Waals surface area contributed by atoms with Crippen molar-refractivity contribution in [2.24, 2.45) is 5.41 Å². The first-order valence-electron chi connectivity index (χ1n) is 6.36. The molecule has 1 N–H and O–H groups in total. The Balaban J connectivity index is 2.95. The summed E-state index contributed by atoms with van der Waals surface area (Å²) in [5.74, 6) is 0.543. The molecule has 1 aromatic rings. The average Bonchev–Trinajstić information content (AvgIpc) is 2.34. The topological polar surface area (TPSA) is 46.5 Å². The summed E-state index contributed by atoms with van der Waals surface area (Å²) >= 11 is 0. The molecule has 0 saturated carbocycles. The Hall–Kier alpha value is -1.51. The molecule has 0 unspecified atom stereocenters. The van der Waals surface area contributed by atoms with Gasteiger partial charge in [0.15, 0.2) is 0 Å². The van der Waals surface area contributed by atoms with Crippen LogP contribution in [0.4, 0.5) is 0 Å². The summed E-state index contributed by atoms with van der Waals surface area (Å²) in [5.41, 5.74) is 0.986. The van der Waals surface area contributed by atoms with Crippen molar-refractivity contribution in [1.82, 2.24) is 0 Å². The maximum atomic E-state index is 12.1. The van der Waals surface area contributed by atoms with Crippen molar-refractivity contribution in [3.05, 3.63) is 23.3 Å². The average molecular weight is 250 g/mol. The lowest BCUT2D eigenvalue weighted by Crippen LogP contribution is -2.30. The Kier molecular flexibility index (Phi) is 4.38. The summed E-state index contributed by atoms with van der Waals surface area (Å²) in [6, 6.07) is 3.37. The molecular formula is C15H22O3. The second kappa shape index (κ2) is 5.42. The van der Waals surface area contributed by atoms with Crippen LogP contribution >= 0.6 is 0 Å². The van der Waals surface area contributed by atoms with Crippen molar-refractivity contribution >= 4 is 5.97 Å². The number of hydrogen-bond acceptors (Lipinski definition) is 3. The molecule has 0 saturated heterocycles. The number of phenols is 1. The van der Waals surface area contributed by atoms with Gasteiger partial charge in [0.1, 0.15) is 11.5 Å². The number of aryl methyl sites for hydroxylation is 2. The third-order valence-corrected chi connectivity index (χ3v) is 3.73. The van der Waals surface area contributed by atoms with E-state index in [0.717, 1.165) is 12.8 Å². The lowest BCUT2D eigenvalue weighted by atomic mass is 9.85. The van der Waals surface area contributed by atoms with Gasteiger partial charge in [0.2, 0.25) is 0 Å². The van der Waals surface area contributed by atoms with E-state index in [-0.39, 0.29) is 11.7 Å². The van der Waals surface area contributed by atoms with Crippen LogP contribution in [0, 0.1) is 19.3 Å². The van der Waals surface area contributed by atoms with E-state index in [1.807, 2.05) is 20.8 Å². The fourth-order valence-electron chi connectivity index (χ4n) is 1.74. The summed E-state index contributed by atoms with van der Waals surface area (Å²) in [4.78, 5) is 12.1. The maximum absolute atomic E-state index is 12.1. The molecule has 0 atom stereocenters. The van der Waals surface area contributed by atoms with E-state index in [1.54, 1.807) is 26.0 Å². The summed E-state index contributed by atoms with van der Waals surface area (Å²) in [5, 5.41) is 9.68. The van der Waals surface area contributed by atoms with Gasteiger partial charge < -0.3 is 9.84 Å². The number of benzene rings is 1. The number of carbonyl (C=O) groups is 1. The molecule has 100 valence electrons.